The molecule has 3 rings (SSSR count). The van der Waals surface area contributed by atoms with Crippen LogP contribution in [0.4, 0.5) is 0 Å². The van der Waals surface area contributed by atoms with Gasteiger partial charge in [0.2, 0.25) is 0 Å². The van der Waals surface area contributed by atoms with E-state index in [-0.39, 0.29) is 11.9 Å². The van der Waals surface area contributed by atoms with E-state index in [1.54, 1.807) is 12.1 Å². The molecule has 1 amide bonds. The third-order valence-electron chi connectivity index (χ3n) is 5.30. The molecule has 2 atom stereocenters. The average molecular weight is 386 g/mol. The number of hydrogen-bond acceptors (Lipinski definition) is 2. The smallest absolute Gasteiger partial charge is 0.261 e. The minimum absolute atomic E-state index is 0.0469. The van der Waals surface area contributed by atoms with Gasteiger partial charge in [0, 0.05) is 5.02 Å². The highest BCUT2D eigenvalue weighted by atomic mass is 35.5. The summed E-state index contributed by atoms with van der Waals surface area (Å²) < 4.78 is 5.92. The number of rotatable bonds is 6. The molecule has 0 saturated carbocycles. The molecule has 4 heteroatoms. The van der Waals surface area contributed by atoms with Crippen LogP contribution in [0.3, 0.4) is 0 Å². The average Bonchev–Trinajstić information content (AvgIpc) is 2.68. The fourth-order valence-electron chi connectivity index (χ4n) is 3.59. The zero-order chi connectivity index (χ0) is 19.4. The van der Waals surface area contributed by atoms with Crippen LogP contribution in [0.1, 0.15) is 61.4 Å². The molecule has 3 nitrogen and oxygen atoms in total. The summed E-state index contributed by atoms with van der Waals surface area (Å²) in [6.07, 6.45) is 4.92. The summed E-state index contributed by atoms with van der Waals surface area (Å²) in [6, 6.07) is 12.0. The number of halogens is 1. The Labute approximate surface area is 167 Å². The van der Waals surface area contributed by atoms with Crippen molar-refractivity contribution in [3.05, 3.63) is 63.7 Å². The summed E-state index contributed by atoms with van der Waals surface area (Å²) in [5, 5.41) is 3.81. The van der Waals surface area contributed by atoms with Crippen molar-refractivity contribution >= 4 is 17.5 Å². The number of carbonyl (C=O) groups excluding carboxylic acids is 1. The second-order valence-corrected chi connectivity index (χ2v) is 7.80. The first-order chi connectivity index (χ1) is 13.0. The van der Waals surface area contributed by atoms with E-state index in [0.717, 1.165) is 17.5 Å². The van der Waals surface area contributed by atoms with E-state index in [4.69, 9.17) is 16.3 Å². The molecule has 0 bridgehead atoms. The second kappa shape index (κ2) is 8.79. The number of benzene rings is 2. The molecule has 0 unspecified atom stereocenters. The Hall–Kier alpha value is -2.00. The lowest BCUT2D eigenvalue weighted by Crippen LogP contribution is -2.39. The predicted octanol–water partition coefficient (Wildman–Crippen LogP) is 5.56. The van der Waals surface area contributed by atoms with Crippen LogP contribution in [0.15, 0.2) is 36.4 Å². The van der Waals surface area contributed by atoms with E-state index in [1.165, 1.54) is 30.4 Å². The molecule has 0 radical (unpaired) electrons. The molecular weight excluding hydrogens is 358 g/mol. The van der Waals surface area contributed by atoms with Gasteiger partial charge in [0.05, 0.1) is 6.04 Å². The van der Waals surface area contributed by atoms with Crippen LogP contribution < -0.4 is 10.1 Å². The quantitative estimate of drug-likeness (QED) is 0.706. The van der Waals surface area contributed by atoms with E-state index in [0.29, 0.717) is 17.2 Å². The van der Waals surface area contributed by atoms with Crippen molar-refractivity contribution in [1.29, 1.82) is 0 Å². The predicted molar refractivity (Wildman–Crippen MR) is 111 cm³/mol. The minimum atomic E-state index is -0.523. The maximum atomic E-state index is 12.7. The Morgan fingerprint density at radius 2 is 1.89 bits per heavy atom. The molecular formula is C23H28ClNO2. The highest BCUT2D eigenvalue weighted by Gasteiger charge is 2.21. The lowest BCUT2D eigenvalue weighted by Gasteiger charge is -2.23. The Morgan fingerprint density at radius 3 is 2.59 bits per heavy atom. The van der Waals surface area contributed by atoms with E-state index < -0.39 is 6.10 Å². The van der Waals surface area contributed by atoms with Gasteiger partial charge in [-0.2, -0.15) is 0 Å². The molecule has 2 aromatic carbocycles. The van der Waals surface area contributed by atoms with Gasteiger partial charge < -0.3 is 10.1 Å². The maximum absolute atomic E-state index is 12.7. The topological polar surface area (TPSA) is 38.3 Å². The zero-order valence-electron chi connectivity index (χ0n) is 16.3. The van der Waals surface area contributed by atoms with Crippen LogP contribution in [0.25, 0.3) is 0 Å². The van der Waals surface area contributed by atoms with Crippen LogP contribution in [-0.2, 0) is 17.6 Å². The zero-order valence-corrected chi connectivity index (χ0v) is 17.1. The van der Waals surface area contributed by atoms with Crippen LogP contribution in [0, 0.1) is 6.92 Å². The van der Waals surface area contributed by atoms with E-state index in [2.05, 4.69) is 23.5 Å². The lowest BCUT2D eigenvalue weighted by atomic mass is 9.89. The molecule has 0 aromatic heterocycles. The van der Waals surface area contributed by atoms with Crippen molar-refractivity contribution in [3.8, 4) is 5.75 Å². The van der Waals surface area contributed by atoms with Crippen LogP contribution in [-0.4, -0.2) is 12.0 Å². The maximum Gasteiger partial charge on any atom is 0.261 e. The van der Waals surface area contributed by atoms with Crippen molar-refractivity contribution in [1.82, 2.24) is 5.32 Å². The van der Waals surface area contributed by atoms with Crippen LogP contribution in [0.2, 0.25) is 5.02 Å². The van der Waals surface area contributed by atoms with E-state index in [9.17, 15) is 4.79 Å². The molecule has 0 spiro atoms. The van der Waals surface area contributed by atoms with Gasteiger partial charge in [-0.25, -0.2) is 0 Å². The van der Waals surface area contributed by atoms with Crippen molar-refractivity contribution in [2.75, 3.05) is 0 Å². The van der Waals surface area contributed by atoms with E-state index >= 15 is 0 Å². The largest absolute Gasteiger partial charge is 0.481 e. The summed E-state index contributed by atoms with van der Waals surface area (Å²) in [4.78, 5) is 12.7. The molecule has 0 heterocycles. The molecule has 1 aliphatic carbocycles. The number of fused-ring (bicyclic) bond motifs is 1. The summed E-state index contributed by atoms with van der Waals surface area (Å²) in [6.45, 7) is 5.91. The Kier molecular flexibility index (Phi) is 6.43. The number of aryl methyl sites for hydroxylation is 3. The fourth-order valence-corrected chi connectivity index (χ4v) is 3.71. The van der Waals surface area contributed by atoms with Gasteiger partial charge in [-0.15, -0.1) is 0 Å². The lowest BCUT2D eigenvalue weighted by molar-refractivity contribution is -0.128. The summed E-state index contributed by atoms with van der Waals surface area (Å²) in [5.74, 6) is 0.579. The first-order valence-electron chi connectivity index (χ1n) is 9.82. The summed E-state index contributed by atoms with van der Waals surface area (Å²) >= 11 is 6.07. The SMILES string of the molecule is CC[C@@H](Oc1ccc(Cl)c(C)c1)C(=O)N[C@H](C)c1ccc2c(c1)CCCC2. The van der Waals surface area contributed by atoms with E-state index in [1.807, 2.05) is 26.8 Å². The van der Waals surface area contributed by atoms with Gasteiger partial charge in [0.1, 0.15) is 5.75 Å². The van der Waals surface area contributed by atoms with Crippen molar-refractivity contribution in [2.45, 2.75) is 65.0 Å². The van der Waals surface area contributed by atoms with Crippen LogP contribution >= 0.6 is 11.6 Å². The van der Waals surface area contributed by atoms with Crippen LogP contribution in [0.5, 0.6) is 5.75 Å². The summed E-state index contributed by atoms with van der Waals surface area (Å²) in [7, 11) is 0. The first-order valence-corrected chi connectivity index (χ1v) is 10.2. The molecule has 0 fully saturated rings. The van der Waals surface area contributed by atoms with Gasteiger partial charge in [0.25, 0.3) is 5.91 Å². The molecule has 1 N–H and O–H groups in total. The minimum Gasteiger partial charge on any atom is -0.481 e. The summed E-state index contributed by atoms with van der Waals surface area (Å²) in [5.41, 5.74) is 4.98. The molecule has 0 saturated heterocycles. The number of nitrogens with one attached hydrogen (secondary N) is 1. The number of carbonyl (C=O) groups is 1. The molecule has 2 aromatic rings. The highest BCUT2D eigenvalue weighted by molar-refractivity contribution is 6.31. The van der Waals surface area contributed by atoms with Gasteiger partial charge >= 0.3 is 0 Å². The van der Waals surface area contributed by atoms with Crippen molar-refractivity contribution in [2.24, 2.45) is 0 Å². The van der Waals surface area contributed by atoms with Crippen molar-refractivity contribution in [3.63, 3.8) is 0 Å². The van der Waals surface area contributed by atoms with Gasteiger partial charge in [-0.1, -0.05) is 36.7 Å². The highest BCUT2D eigenvalue weighted by Crippen LogP contribution is 2.25. The number of amides is 1. The molecule has 27 heavy (non-hydrogen) atoms. The third kappa shape index (κ3) is 4.84. The molecule has 1 aliphatic rings. The Balaban J connectivity index is 1.66. The van der Waals surface area contributed by atoms with Gasteiger partial charge in [0.15, 0.2) is 6.10 Å². The number of ether oxygens (including phenoxy) is 1. The van der Waals surface area contributed by atoms with Gasteiger partial charge in [-0.05, 0) is 86.4 Å². The standard InChI is InChI=1S/C23H28ClNO2/c1-4-22(27-20-11-12-21(24)15(2)13-20)23(26)25-16(3)18-10-9-17-7-5-6-8-19(17)14-18/h9-14,16,22H,4-8H2,1-3H3,(H,25,26)/t16-,22-/m1/s1. The Bertz CT molecular complexity index is 818. The Morgan fingerprint density at radius 1 is 1.15 bits per heavy atom. The number of hydrogen-bond donors (Lipinski definition) is 1. The first kappa shape index (κ1) is 19.8. The second-order valence-electron chi connectivity index (χ2n) is 7.39. The fraction of sp³-hybridized carbons (Fsp3) is 0.435. The third-order valence-corrected chi connectivity index (χ3v) is 5.73. The normalized spacial score (nSPS) is 15.6. The van der Waals surface area contributed by atoms with Crippen molar-refractivity contribution < 1.29 is 9.53 Å². The molecule has 0 aliphatic heterocycles. The molecule has 144 valence electrons. The monoisotopic (exact) mass is 385 g/mol. The van der Waals surface area contributed by atoms with Gasteiger partial charge in [-0.3, -0.25) is 4.79 Å².